The number of non-ortho nitro benzene ring substituents is 1. The molecule has 1 aliphatic carbocycles. The first-order chi connectivity index (χ1) is 6.68. The maximum absolute atomic E-state index is 11.4. The zero-order chi connectivity index (χ0) is 10.1. The van der Waals surface area contributed by atoms with Crippen LogP contribution in [0.4, 0.5) is 5.69 Å². The van der Waals surface area contributed by atoms with E-state index in [1.54, 1.807) is 12.5 Å². The van der Waals surface area contributed by atoms with E-state index in [4.69, 9.17) is 0 Å². The van der Waals surface area contributed by atoms with Crippen LogP contribution in [0, 0.1) is 16.5 Å². The van der Waals surface area contributed by atoms with Gasteiger partial charge in [-0.15, -0.1) is 0 Å². The third-order valence-corrected chi connectivity index (χ3v) is 2.31. The smallest absolute Gasteiger partial charge is 0.270 e. The molecule has 0 unspecified atom stereocenters. The minimum atomic E-state index is -0.484. The van der Waals surface area contributed by atoms with E-state index >= 15 is 0 Å². The van der Waals surface area contributed by atoms with Gasteiger partial charge in [0, 0.05) is 24.1 Å². The SMILES string of the molecule is O=C1[CH]CCc2ccc([N+](=O)[O-])cc21. The summed E-state index contributed by atoms with van der Waals surface area (Å²) in [7, 11) is 0. The third-order valence-electron chi connectivity index (χ3n) is 2.31. The Kier molecular flexibility index (Phi) is 2.04. The molecule has 1 aliphatic rings. The van der Waals surface area contributed by atoms with Crippen molar-refractivity contribution >= 4 is 11.5 Å². The first kappa shape index (κ1) is 8.87. The summed E-state index contributed by atoms with van der Waals surface area (Å²) in [4.78, 5) is 21.4. The average molecular weight is 190 g/mol. The Morgan fingerprint density at radius 3 is 2.86 bits per heavy atom. The van der Waals surface area contributed by atoms with Gasteiger partial charge in [-0.05, 0) is 18.4 Å². The number of hydrogen-bond acceptors (Lipinski definition) is 3. The van der Waals surface area contributed by atoms with E-state index in [2.05, 4.69) is 0 Å². The second-order valence-electron chi connectivity index (χ2n) is 3.21. The molecule has 1 aromatic rings. The van der Waals surface area contributed by atoms with Gasteiger partial charge in [-0.1, -0.05) is 6.07 Å². The summed E-state index contributed by atoms with van der Waals surface area (Å²) in [6, 6.07) is 4.46. The lowest BCUT2D eigenvalue weighted by molar-refractivity contribution is -0.384. The fourth-order valence-corrected chi connectivity index (χ4v) is 1.59. The molecule has 0 aromatic heterocycles. The van der Waals surface area contributed by atoms with Gasteiger partial charge in [0.15, 0.2) is 5.78 Å². The number of carbonyl (C=O) groups excluding carboxylic acids is 1. The lowest BCUT2D eigenvalue weighted by atomic mass is 9.90. The number of Topliss-reactive ketones (excluding diaryl/α,β-unsaturated/α-hetero) is 1. The van der Waals surface area contributed by atoms with Crippen molar-refractivity contribution < 1.29 is 9.72 Å². The van der Waals surface area contributed by atoms with E-state index < -0.39 is 4.92 Å². The van der Waals surface area contributed by atoms with Gasteiger partial charge in [-0.2, -0.15) is 0 Å². The van der Waals surface area contributed by atoms with Crippen LogP contribution in [-0.2, 0) is 6.42 Å². The number of nitro benzene ring substituents is 1. The molecule has 0 aliphatic heterocycles. The maximum Gasteiger partial charge on any atom is 0.270 e. The number of nitrogens with zero attached hydrogens (tertiary/aromatic N) is 1. The number of aryl methyl sites for hydroxylation is 1. The van der Waals surface area contributed by atoms with Gasteiger partial charge in [0.2, 0.25) is 0 Å². The summed E-state index contributed by atoms with van der Waals surface area (Å²) in [5.41, 5.74) is 1.36. The highest BCUT2D eigenvalue weighted by Gasteiger charge is 2.20. The van der Waals surface area contributed by atoms with Crippen LogP contribution in [0.2, 0.25) is 0 Å². The number of carbonyl (C=O) groups is 1. The van der Waals surface area contributed by atoms with E-state index in [1.807, 2.05) is 0 Å². The fourth-order valence-electron chi connectivity index (χ4n) is 1.59. The summed E-state index contributed by atoms with van der Waals surface area (Å²) < 4.78 is 0. The van der Waals surface area contributed by atoms with E-state index in [9.17, 15) is 14.9 Å². The van der Waals surface area contributed by atoms with Crippen LogP contribution < -0.4 is 0 Å². The standard InChI is InChI=1S/C10H8NO3/c12-10-3-1-2-7-4-5-8(11(13)14)6-9(7)10/h3-6H,1-2H2. The molecule has 0 atom stereocenters. The van der Waals surface area contributed by atoms with Gasteiger partial charge in [-0.3, -0.25) is 14.9 Å². The van der Waals surface area contributed by atoms with Gasteiger partial charge in [0.1, 0.15) is 0 Å². The molecule has 4 nitrogen and oxygen atoms in total. The molecule has 0 bridgehead atoms. The van der Waals surface area contributed by atoms with Crippen LogP contribution in [0.5, 0.6) is 0 Å². The molecule has 0 heterocycles. The van der Waals surface area contributed by atoms with Crippen LogP contribution in [-0.4, -0.2) is 10.7 Å². The highest BCUT2D eigenvalue weighted by Crippen LogP contribution is 2.24. The van der Waals surface area contributed by atoms with E-state index in [0.29, 0.717) is 5.56 Å². The second-order valence-corrected chi connectivity index (χ2v) is 3.21. The van der Waals surface area contributed by atoms with Crippen molar-refractivity contribution in [1.29, 1.82) is 0 Å². The molecule has 14 heavy (non-hydrogen) atoms. The van der Waals surface area contributed by atoms with Crippen molar-refractivity contribution in [3.8, 4) is 0 Å². The Hall–Kier alpha value is -1.71. The number of ketones is 1. The average Bonchev–Trinajstić information content (AvgIpc) is 2.18. The van der Waals surface area contributed by atoms with Gasteiger partial charge in [0.25, 0.3) is 5.69 Å². The molecule has 1 aromatic carbocycles. The Morgan fingerprint density at radius 1 is 1.36 bits per heavy atom. The molecule has 2 rings (SSSR count). The minimum Gasteiger partial charge on any atom is -0.294 e. The Labute approximate surface area is 80.7 Å². The molecule has 0 amide bonds. The zero-order valence-corrected chi connectivity index (χ0v) is 7.40. The van der Waals surface area contributed by atoms with Gasteiger partial charge < -0.3 is 0 Å². The molecule has 0 saturated carbocycles. The molecular formula is C10H8NO3. The van der Waals surface area contributed by atoms with Crippen LogP contribution in [0.25, 0.3) is 0 Å². The van der Waals surface area contributed by atoms with Crippen LogP contribution in [0.1, 0.15) is 22.3 Å². The predicted molar refractivity (Wildman–Crippen MR) is 50.0 cm³/mol. The first-order valence-electron chi connectivity index (χ1n) is 4.33. The minimum absolute atomic E-state index is 0.0209. The van der Waals surface area contributed by atoms with Crippen molar-refractivity contribution in [1.82, 2.24) is 0 Å². The summed E-state index contributed by atoms with van der Waals surface area (Å²) in [5, 5.41) is 10.5. The van der Waals surface area contributed by atoms with Crippen molar-refractivity contribution in [2.24, 2.45) is 0 Å². The van der Waals surface area contributed by atoms with Crippen LogP contribution in [0.15, 0.2) is 18.2 Å². The lowest BCUT2D eigenvalue weighted by Gasteiger charge is -2.12. The number of fused-ring (bicyclic) bond motifs is 1. The molecule has 0 saturated heterocycles. The molecule has 71 valence electrons. The number of benzene rings is 1. The Bertz CT molecular complexity index is 412. The fraction of sp³-hybridized carbons (Fsp3) is 0.200. The molecule has 1 radical (unpaired) electrons. The quantitative estimate of drug-likeness (QED) is 0.502. The number of rotatable bonds is 1. The van der Waals surface area contributed by atoms with Gasteiger partial charge >= 0.3 is 0 Å². The van der Waals surface area contributed by atoms with E-state index in [-0.39, 0.29) is 11.5 Å². The van der Waals surface area contributed by atoms with Crippen LogP contribution >= 0.6 is 0 Å². The zero-order valence-electron chi connectivity index (χ0n) is 7.40. The molecular weight excluding hydrogens is 182 g/mol. The predicted octanol–water partition coefficient (Wildman–Crippen LogP) is 1.93. The van der Waals surface area contributed by atoms with Crippen molar-refractivity contribution in [2.75, 3.05) is 0 Å². The highest BCUT2D eigenvalue weighted by atomic mass is 16.6. The Morgan fingerprint density at radius 2 is 2.14 bits per heavy atom. The van der Waals surface area contributed by atoms with E-state index in [1.165, 1.54) is 12.1 Å². The third kappa shape index (κ3) is 1.39. The number of nitro groups is 1. The summed E-state index contributed by atoms with van der Waals surface area (Å²) in [6.45, 7) is 0. The molecule has 0 fully saturated rings. The van der Waals surface area contributed by atoms with Gasteiger partial charge in [-0.25, -0.2) is 0 Å². The summed E-state index contributed by atoms with van der Waals surface area (Å²) in [5.74, 6) is -0.102. The summed E-state index contributed by atoms with van der Waals surface area (Å²) >= 11 is 0. The topological polar surface area (TPSA) is 60.2 Å². The van der Waals surface area contributed by atoms with Crippen molar-refractivity contribution in [3.63, 3.8) is 0 Å². The second kappa shape index (κ2) is 3.21. The summed E-state index contributed by atoms with van der Waals surface area (Å²) in [6.07, 6.45) is 3.09. The van der Waals surface area contributed by atoms with E-state index in [0.717, 1.165) is 18.4 Å². The molecule has 0 N–H and O–H groups in total. The Balaban J connectivity index is 2.51. The van der Waals surface area contributed by atoms with Crippen LogP contribution in [0.3, 0.4) is 0 Å². The lowest BCUT2D eigenvalue weighted by Crippen LogP contribution is -2.11. The molecule has 4 heteroatoms. The first-order valence-corrected chi connectivity index (χ1v) is 4.33. The highest BCUT2D eigenvalue weighted by molar-refractivity contribution is 6.05. The monoisotopic (exact) mass is 190 g/mol. The van der Waals surface area contributed by atoms with Crippen molar-refractivity contribution in [3.05, 3.63) is 45.9 Å². The maximum atomic E-state index is 11.4. The van der Waals surface area contributed by atoms with Crippen molar-refractivity contribution in [2.45, 2.75) is 12.8 Å². The molecule has 0 spiro atoms. The van der Waals surface area contributed by atoms with Gasteiger partial charge in [0.05, 0.1) is 4.92 Å². The largest absolute Gasteiger partial charge is 0.294 e. The number of hydrogen-bond donors (Lipinski definition) is 0. The normalized spacial score (nSPS) is 15.0.